The van der Waals surface area contributed by atoms with Crippen LogP contribution in [-0.4, -0.2) is 14.2 Å². The normalized spacial score (nSPS) is 11.2. The fourth-order valence-electron chi connectivity index (χ4n) is 4.09. The summed E-state index contributed by atoms with van der Waals surface area (Å²) in [7, 11) is 3.35. The third-order valence-corrected chi connectivity index (χ3v) is 5.45. The number of rotatable bonds is 2. The fraction of sp³-hybridized carbons (Fsp3) is 0.0800. The molecule has 134 valence electrons. The predicted octanol–water partition coefficient (Wildman–Crippen LogP) is 6.19. The number of benzene rings is 5. The highest BCUT2D eigenvalue weighted by atomic mass is 16.5. The summed E-state index contributed by atoms with van der Waals surface area (Å²) in [6.45, 7) is 0. The van der Waals surface area contributed by atoms with Gasteiger partial charge in [0.1, 0.15) is 11.5 Å². The van der Waals surface area contributed by atoms with E-state index in [-0.39, 0.29) is 0 Å². The van der Waals surface area contributed by atoms with Crippen LogP contribution < -0.4 is 9.47 Å². The summed E-state index contributed by atoms with van der Waals surface area (Å²) in [6.07, 6.45) is 0. The quantitative estimate of drug-likeness (QED) is 0.351. The van der Waals surface area contributed by atoms with Gasteiger partial charge in [0.25, 0.3) is 0 Å². The Morgan fingerprint density at radius 2 is 1.14 bits per heavy atom. The van der Waals surface area contributed by atoms with E-state index >= 15 is 0 Å². The molecule has 0 saturated carbocycles. The van der Waals surface area contributed by atoms with E-state index in [1.165, 1.54) is 0 Å². The van der Waals surface area contributed by atoms with Crippen LogP contribution >= 0.6 is 0 Å². The number of hydrogen-bond donors (Lipinski definition) is 0. The molecule has 0 atom stereocenters. The molecule has 0 N–H and O–H groups in total. The van der Waals surface area contributed by atoms with E-state index in [0.29, 0.717) is 5.56 Å². The van der Waals surface area contributed by atoms with Crippen molar-refractivity contribution in [3.05, 3.63) is 72.3 Å². The Balaban J connectivity index is 2.13. The SMILES string of the molecule is COc1ccc2ccc3cc(C#N)c4ccc5ccc(OC)cc5c4c3c2c1. The van der Waals surface area contributed by atoms with Gasteiger partial charge in [0.05, 0.1) is 25.9 Å². The highest BCUT2D eigenvalue weighted by molar-refractivity contribution is 6.28. The Morgan fingerprint density at radius 1 is 0.607 bits per heavy atom. The van der Waals surface area contributed by atoms with Gasteiger partial charge in [-0.1, -0.05) is 36.4 Å². The van der Waals surface area contributed by atoms with Gasteiger partial charge in [0, 0.05) is 5.39 Å². The molecule has 28 heavy (non-hydrogen) atoms. The second-order valence-corrected chi connectivity index (χ2v) is 6.86. The van der Waals surface area contributed by atoms with Crippen molar-refractivity contribution in [1.82, 2.24) is 0 Å². The minimum atomic E-state index is 0.675. The van der Waals surface area contributed by atoms with Crippen LogP contribution in [-0.2, 0) is 0 Å². The first-order valence-electron chi connectivity index (χ1n) is 9.07. The maximum Gasteiger partial charge on any atom is 0.119 e. The Morgan fingerprint density at radius 3 is 1.75 bits per heavy atom. The van der Waals surface area contributed by atoms with Crippen molar-refractivity contribution in [3.63, 3.8) is 0 Å². The van der Waals surface area contributed by atoms with Crippen LogP contribution in [0.2, 0.25) is 0 Å². The lowest BCUT2D eigenvalue weighted by molar-refractivity contribution is 0.415. The topological polar surface area (TPSA) is 42.2 Å². The fourth-order valence-corrected chi connectivity index (χ4v) is 4.09. The van der Waals surface area contributed by atoms with Gasteiger partial charge in [0.15, 0.2) is 0 Å². The molecule has 0 spiro atoms. The molecule has 0 saturated heterocycles. The summed E-state index contributed by atoms with van der Waals surface area (Å²) in [6, 6.07) is 24.8. The molecule has 0 heterocycles. The number of methoxy groups -OCH3 is 2. The van der Waals surface area contributed by atoms with Crippen LogP contribution in [0.5, 0.6) is 11.5 Å². The number of nitrogens with zero attached hydrogens (tertiary/aromatic N) is 1. The van der Waals surface area contributed by atoms with E-state index in [9.17, 15) is 5.26 Å². The van der Waals surface area contributed by atoms with E-state index in [2.05, 4.69) is 48.5 Å². The third-order valence-electron chi connectivity index (χ3n) is 5.45. The lowest BCUT2D eigenvalue weighted by Gasteiger charge is -2.13. The van der Waals surface area contributed by atoms with E-state index < -0.39 is 0 Å². The Hall–Kier alpha value is -3.77. The van der Waals surface area contributed by atoms with E-state index in [1.54, 1.807) is 14.2 Å². The van der Waals surface area contributed by atoms with E-state index in [1.807, 2.05) is 24.3 Å². The van der Waals surface area contributed by atoms with Gasteiger partial charge < -0.3 is 9.47 Å². The molecule has 0 fully saturated rings. The van der Waals surface area contributed by atoms with Crippen molar-refractivity contribution >= 4 is 43.1 Å². The van der Waals surface area contributed by atoms with Crippen molar-refractivity contribution in [1.29, 1.82) is 5.26 Å². The largest absolute Gasteiger partial charge is 0.497 e. The molecule has 3 nitrogen and oxygen atoms in total. The molecule has 5 rings (SSSR count). The average Bonchev–Trinajstić information content (AvgIpc) is 2.76. The maximum atomic E-state index is 9.77. The molecule has 3 heteroatoms. The molecule has 0 aliphatic carbocycles. The van der Waals surface area contributed by atoms with Crippen molar-refractivity contribution in [2.45, 2.75) is 0 Å². The van der Waals surface area contributed by atoms with Crippen molar-refractivity contribution < 1.29 is 9.47 Å². The zero-order valence-electron chi connectivity index (χ0n) is 15.6. The Labute approximate surface area is 162 Å². The summed E-state index contributed by atoms with van der Waals surface area (Å²) >= 11 is 0. The molecule has 5 aromatic carbocycles. The third kappa shape index (κ3) is 2.28. The first kappa shape index (κ1) is 16.4. The molecule has 0 aromatic heterocycles. The van der Waals surface area contributed by atoms with Crippen LogP contribution in [0.25, 0.3) is 43.1 Å². The van der Waals surface area contributed by atoms with Crippen LogP contribution in [0, 0.1) is 11.3 Å². The second kappa shape index (κ2) is 6.14. The monoisotopic (exact) mass is 363 g/mol. The summed E-state index contributed by atoms with van der Waals surface area (Å²) < 4.78 is 11.0. The summed E-state index contributed by atoms with van der Waals surface area (Å²) in [4.78, 5) is 0. The Kier molecular flexibility index (Phi) is 3.60. The molecular formula is C25H17NO2. The smallest absolute Gasteiger partial charge is 0.119 e. The van der Waals surface area contributed by atoms with Gasteiger partial charge >= 0.3 is 0 Å². The molecular weight excluding hydrogens is 346 g/mol. The Bertz CT molecular complexity index is 1440. The first-order valence-corrected chi connectivity index (χ1v) is 9.07. The molecule has 0 bridgehead atoms. The highest BCUT2D eigenvalue weighted by Crippen LogP contribution is 2.40. The van der Waals surface area contributed by atoms with Crippen LogP contribution in [0.15, 0.2) is 66.7 Å². The molecule has 0 aliphatic heterocycles. The standard InChI is InChI=1S/C25H17NO2/c1-27-19-8-5-15-3-4-17-11-18(14-26)21-10-7-16-6-9-20(28-2)13-23(16)25(21)24(17)22(15)12-19/h3-13H,1-2H3. The van der Waals surface area contributed by atoms with Gasteiger partial charge in [-0.15, -0.1) is 0 Å². The molecule has 5 aromatic rings. The summed E-state index contributed by atoms with van der Waals surface area (Å²) in [5.41, 5.74) is 0.675. The average molecular weight is 363 g/mol. The highest BCUT2D eigenvalue weighted by Gasteiger charge is 2.13. The molecule has 0 amide bonds. The maximum absolute atomic E-state index is 9.77. The minimum Gasteiger partial charge on any atom is -0.497 e. The number of ether oxygens (including phenoxy) is 2. The van der Waals surface area contributed by atoms with Crippen LogP contribution in [0.3, 0.4) is 0 Å². The summed E-state index contributed by atoms with van der Waals surface area (Å²) in [5.74, 6) is 1.61. The van der Waals surface area contributed by atoms with Crippen molar-refractivity contribution in [3.8, 4) is 17.6 Å². The lowest BCUT2D eigenvalue weighted by atomic mass is 9.90. The molecule has 0 aliphatic rings. The number of fused-ring (bicyclic) bond motifs is 7. The number of nitriles is 1. The van der Waals surface area contributed by atoms with Gasteiger partial charge in [-0.25, -0.2) is 0 Å². The second-order valence-electron chi connectivity index (χ2n) is 6.86. The zero-order valence-corrected chi connectivity index (χ0v) is 15.6. The van der Waals surface area contributed by atoms with Crippen LogP contribution in [0.4, 0.5) is 0 Å². The van der Waals surface area contributed by atoms with Crippen molar-refractivity contribution in [2.24, 2.45) is 0 Å². The van der Waals surface area contributed by atoms with E-state index in [4.69, 9.17) is 9.47 Å². The van der Waals surface area contributed by atoms with Gasteiger partial charge in [-0.3, -0.25) is 0 Å². The molecule has 0 radical (unpaired) electrons. The van der Waals surface area contributed by atoms with E-state index in [0.717, 1.165) is 54.6 Å². The van der Waals surface area contributed by atoms with Gasteiger partial charge in [0.2, 0.25) is 0 Å². The number of hydrogen-bond acceptors (Lipinski definition) is 3. The predicted molar refractivity (Wildman–Crippen MR) is 114 cm³/mol. The minimum absolute atomic E-state index is 0.675. The van der Waals surface area contributed by atoms with Gasteiger partial charge in [-0.2, -0.15) is 5.26 Å². The lowest BCUT2D eigenvalue weighted by Crippen LogP contribution is -1.89. The zero-order chi connectivity index (χ0) is 19.3. The van der Waals surface area contributed by atoms with Crippen LogP contribution in [0.1, 0.15) is 5.56 Å². The summed E-state index contributed by atoms with van der Waals surface area (Å²) in [5, 5.41) is 18.4. The molecule has 0 unspecified atom stereocenters. The first-order chi connectivity index (χ1) is 13.7. The van der Waals surface area contributed by atoms with Gasteiger partial charge in [-0.05, 0) is 68.0 Å². The van der Waals surface area contributed by atoms with Crippen molar-refractivity contribution in [2.75, 3.05) is 14.2 Å².